The Hall–Kier alpha value is -2.56. The number of nitrogens with zero attached hydrogens (tertiary/aromatic N) is 1. The monoisotopic (exact) mass is 340 g/mol. The summed E-state index contributed by atoms with van der Waals surface area (Å²) >= 11 is 0. The Kier molecular flexibility index (Phi) is 5.88. The van der Waals surface area contributed by atoms with Gasteiger partial charge in [0.25, 0.3) is 5.91 Å². The zero-order valence-corrected chi connectivity index (χ0v) is 14.5. The topological polar surface area (TPSA) is 60.5 Å². The molecule has 0 radical (unpaired) electrons. The van der Waals surface area contributed by atoms with Gasteiger partial charge in [-0.15, -0.1) is 0 Å². The molecule has 1 saturated carbocycles. The lowest BCUT2D eigenvalue weighted by atomic mass is 9.86. The molecule has 1 heterocycles. The van der Waals surface area contributed by atoms with Crippen LogP contribution in [0.2, 0.25) is 0 Å². The first kappa shape index (κ1) is 17.3. The average Bonchev–Trinajstić information content (AvgIpc) is 2.64. The number of benzene rings is 1. The van der Waals surface area contributed by atoms with E-state index in [1.807, 2.05) is 12.1 Å². The van der Waals surface area contributed by atoms with Crippen molar-refractivity contribution in [3.63, 3.8) is 0 Å². The highest BCUT2D eigenvalue weighted by atomic mass is 16.5. The second kappa shape index (κ2) is 8.51. The van der Waals surface area contributed by atoms with Gasteiger partial charge in [0.2, 0.25) is 5.88 Å². The van der Waals surface area contributed by atoms with E-state index in [2.05, 4.69) is 17.2 Å². The molecule has 1 aliphatic carbocycles. The van der Waals surface area contributed by atoms with E-state index >= 15 is 0 Å². The van der Waals surface area contributed by atoms with E-state index in [1.54, 1.807) is 36.5 Å². The number of carbonyl (C=O) groups excluding carboxylic acids is 1. The summed E-state index contributed by atoms with van der Waals surface area (Å²) in [6, 6.07) is 12.9. The Balaban J connectivity index is 1.46. The normalized spacial score (nSPS) is 19.9. The largest absolute Gasteiger partial charge is 0.484 e. The van der Waals surface area contributed by atoms with E-state index < -0.39 is 0 Å². The van der Waals surface area contributed by atoms with Crippen molar-refractivity contribution in [2.45, 2.75) is 38.6 Å². The first-order chi connectivity index (χ1) is 12.2. The molecular formula is C20H24N2O3. The molecule has 1 amide bonds. The highest BCUT2D eigenvalue weighted by Gasteiger charge is 2.22. The fourth-order valence-corrected chi connectivity index (χ4v) is 3.06. The van der Waals surface area contributed by atoms with Crippen molar-refractivity contribution in [3.05, 3.63) is 48.7 Å². The molecule has 1 aromatic carbocycles. The summed E-state index contributed by atoms with van der Waals surface area (Å²) in [4.78, 5) is 16.2. The van der Waals surface area contributed by atoms with E-state index in [9.17, 15) is 4.79 Å². The molecule has 0 aliphatic heterocycles. The summed E-state index contributed by atoms with van der Waals surface area (Å²) in [6.07, 6.45) is 6.37. The van der Waals surface area contributed by atoms with Gasteiger partial charge in [0.05, 0.1) is 0 Å². The molecule has 0 saturated heterocycles. The van der Waals surface area contributed by atoms with Crippen LogP contribution >= 0.6 is 0 Å². The lowest BCUT2D eigenvalue weighted by Crippen LogP contribution is -2.43. The minimum Gasteiger partial charge on any atom is -0.484 e. The SMILES string of the molecule is C[C@@H]1CCCC[C@H]1NC(=O)COc1ccc(Oc2ccccn2)cc1. The van der Waals surface area contributed by atoms with Crippen molar-refractivity contribution in [1.29, 1.82) is 0 Å². The summed E-state index contributed by atoms with van der Waals surface area (Å²) in [5.74, 6) is 2.33. The summed E-state index contributed by atoms with van der Waals surface area (Å²) in [5, 5.41) is 3.09. The van der Waals surface area contributed by atoms with Crippen LogP contribution in [0.5, 0.6) is 17.4 Å². The summed E-state index contributed by atoms with van der Waals surface area (Å²) < 4.78 is 11.2. The third kappa shape index (κ3) is 5.21. The minimum absolute atomic E-state index is 0.0314. The van der Waals surface area contributed by atoms with Crippen LogP contribution in [0, 0.1) is 5.92 Å². The third-order valence-corrected chi connectivity index (χ3v) is 4.51. The summed E-state index contributed by atoms with van der Waals surface area (Å²) in [5.41, 5.74) is 0. The Morgan fingerprint density at radius 3 is 2.60 bits per heavy atom. The van der Waals surface area contributed by atoms with Crippen LogP contribution in [0.4, 0.5) is 0 Å². The third-order valence-electron chi connectivity index (χ3n) is 4.51. The standard InChI is InChI=1S/C20H24N2O3/c1-15-6-2-3-7-18(15)22-19(23)14-24-16-9-11-17(12-10-16)25-20-8-4-5-13-21-20/h4-5,8-13,15,18H,2-3,6-7,14H2,1H3,(H,22,23)/t15-,18-/m1/s1. The minimum atomic E-state index is -0.0624. The number of aromatic nitrogens is 1. The molecule has 1 aliphatic rings. The van der Waals surface area contributed by atoms with Crippen molar-refractivity contribution in [3.8, 4) is 17.4 Å². The Morgan fingerprint density at radius 1 is 1.12 bits per heavy atom. The molecule has 1 fully saturated rings. The van der Waals surface area contributed by atoms with Crippen molar-refractivity contribution >= 4 is 5.91 Å². The Morgan fingerprint density at radius 2 is 1.88 bits per heavy atom. The second-order valence-corrected chi connectivity index (χ2v) is 6.47. The van der Waals surface area contributed by atoms with Gasteiger partial charge in [-0.25, -0.2) is 4.98 Å². The van der Waals surface area contributed by atoms with Crippen molar-refractivity contribution in [2.75, 3.05) is 6.61 Å². The second-order valence-electron chi connectivity index (χ2n) is 6.47. The first-order valence-corrected chi connectivity index (χ1v) is 8.82. The fourth-order valence-electron chi connectivity index (χ4n) is 3.06. The number of nitrogens with one attached hydrogen (secondary N) is 1. The number of carbonyl (C=O) groups is 1. The zero-order valence-electron chi connectivity index (χ0n) is 14.5. The molecular weight excluding hydrogens is 316 g/mol. The van der Waals surface area contributed by atoms with Crippen molar-refractivity contribution in [1.82, 2.24) is 10.3 Å². The van der Waals surface area contributed by atoms with Crippen LogP contribution in [-0.4, -0.2) is 23.5 Å². The van der Waals surface area contributed by atoms with Gasteiger partial charge in [-0.3, -0.25) is 4.79 Å². The smallest absolute Gasteiger partial charge is 0.258 e. The predicted octanol–water partition coefficient (Wildman–Crippen LogP) is 3.95. The van der Waals surface area contributed by atoms with Crippen LogP contribution in [0.3, 0.4) is 0 Å². The fraction of sp³-hybridized carbons (Fsp3) is 0.400. The molecule has 0 bridgehead atoms. The molecule has 1 N–H and O–H groups in total. The molecule has 1 aromatic heterocycles. The molecule has 2 aromatic rings. The Bertz CT molecular complexity index is 673. The van der Waals surface area contributed by atoms with E-state index in [0.717, 1.165) is 6.42 Å². The molecule has 0 unspecified atom stereocenters. The van der Waals surface area contributed by atoms with Crippen LogP contribution in [0.25, 0.3) is 0 Å². The number of hydrogen-bond donors (Lipinski definition) is 1. The van der Waals surface area contributed by atoms with Crippen LogP contribution in [0.15, 0.2) is 48.7 Å². The van der Waals surface area contributed by atoms with Crippen LogP contribution < -0.4 is 14.8 Å². The van der Waals surface area contributed by atoms with Crippen molar-refractivity contribution in [2.24, 2.45) is 5.92 Å². The molecule has 5 heteroatoms. The summed E-state index contributed by atoms with van der Waals surface area (Å²) in [6.45, 7) is 2.23. The lowest BCUT2D eigenvalue weighted by molar-refractivity contribution is -0.124. The van der Waals surface area contributed by atoms with Crippen LogP contribution in [0.1, 0.15) is 32.6 Å². The predicted molar refractivity (Wildman–Crippen MR) is 95.8 cm³/mol. The zero-order chi connectivity index (χ0) is 17.5. The van der Waals surface area contributed by atoms with E-state index in [4.69, 9.17) is 9.47 Å². The Labute approximate surface area is 148 Å². The average molecular weight is 340 g/mol. The van der Waals surface area contributed by atoms with Gasteiger partial charge in [-0.1, -0.05) is 25.8 Å². The highest BCUT2D eigenvalue weighted by molar-refractivity contribution is 5.77. The number of pyridine rings is 1. The number of rotatable bonds is 6. The molecule has 0 spiro atoms. The lowest BCUT2D eigenvalue weighted by Gasteiger charge is -2.29. The molecule has 3 rings (SSSR count). The quantitative estimate of drug-likeness (QED) is 0.865. The van der Waals surface area contributed by atoms with E-state index in [1.165, 1.54) is 19.3 Å². The number of hydrogen-bond acceptors (Lipinski definition) is 4. The van der Waals surface area contributed by atoms with Gasteiger partial charge in [-0.05, 0) is 49.1 Å². The highest BCUT2D eigenvalue weighted by Crippen LogP contribution is 2.24. The van der Waals surface area contributed by atoms with Crippen LogP contribution in [-0.2, 0) is 4.79 Å². The first-order valence-electron chi connectivity index (χ1n) is 8.82. The maximum absolute atomic E-state index is 12.1. The molecule has 25 heavy (non-hydrogen) atoms. The van der Waals surface area contributed by atoms with Gasteiger partial charge in [-0.2, -0.15) is 0 Å². The molecule has 5 nitrogen and oxygen atoms in total. The van der Waals surface area contributed by atoms with Gasteiger partial charge in [0.1, 0.15) is 11.5 Å². The number of ether oxygens (including phenoxy) is 2. The molecule has 132 valence electrons. The van der Waals surface area contributed by atoms with Gasteiger partial charge in [0.15, 0.2) is 6.61 Å². The molecule has 2 atom stereocenters. The van der Waals surface area contributed by atoms with Crippen molar-refractivity contribution < 1.29 is 14.3 Å². The maximum atomic E-state index is 12.1. The van der Waals surface area contributed by atoms with E-state index in [-0.39, 0.29) is 18.6 Å². The van der Waals surface area contributed by atoms with E-state index in [0.29, 0.717) is 23.3 Å². The number of amides is 1. The van der Waals surface area contributed by atoms with Gasteiger partial charge < -0.3 is 14.8 Å². The maximum Gasteiger partial charge on any atom is 0.258 e. The summed E-state index contributed by atoms with van der Waals surface area (Å²) in [7, 11) is 0. The van der Waals surface area contributed by atoms with Gasteiger partial charge in [0, 0.05) is 18.3 Å². The van der Waals surface area contributed by atoms with Gasteiger partial charge >= 0.3 is 0 Å².